The molecule has 0 aromatic rings. The monoisotopic (exact) mass is 258 g/mol. The molecule has 0 aromatic heterocycles. The Morgan fingerprint density at radius 1 is 1.35 bits per heavy atom. The van der Waals surface area contributed by atoms with E-state index in [2.05, 4.69) is 5.10 Å². The molecule has 0 saturated heterocycles. The van der Waals surface area contributed by atoms with E-state index >= 15 is 0 Å². The van der Waals surface area contributed by atoms with Gasteiger partial charge in [0.15, 0.2) is 0 Å². The highest BCUT2D eigenvalue weighted by Crippen LogP contribution is 2.29. The Hall–Kier alpha value is -0.910. The second kappa shape index (κ2) is 4.76. The number of carbonyl (C=O) groups is 1. The number of rotatable bonds is 4. The van der Waals surface area contributed by atoms with Crippen LogP contribution in [0.25, 0.3) is 0 Å². The van der Waals surface area contributed by atoms with Crippen LogP contribution in [-0.2, 0) is 14.6 Å². The lowest BCUT2D eigenvalue weighted by atomic mass is 10.00. The highest BCUT2D eigenvalue weighted by atomic mass is 32.2. The molecule has 1 aliphatic heterocycles. The van der Waals surface area contributed by atoms with Crippen LogP contribution < -0.4 is 0 Å². The van der Waals surface area contributed by atoms with Gasteiger partial charge in [-0.25, -0.2) is 13.4 Å². The second-order valence-corrected chi connectivity index (χ2v) is 7.16. The molecule has 0 bridgehead atoms. The molecule has 1 heterocycles. The topological polar surface area (TPSA) is 66.8 Å². The van der Waals surface area contributed by atoms with E-state index in [0.29, 0.717) is 12.3 Å². The van der Waals surface area contributed by atoms with Gasteiger partial charge in [0, 0.05) is 6.26 Å². The van der Waals surface area contributed by atoms with Gasteiger partial charge in [-0.1, -0.05) is 12.8 Å². The summed E-state index contributed by atoms with van der Waals surface area (Å²) in [6.45, 7) is 0.188. The summed E-state index contributed by atoms with van der Waals surface area (Å²) in [5.74, 6) is 0.373. The SMILES string of the molecule is CS(=O)(=O)CCN1N=C(C2CCCC2)CC1=O. The minimum absolute atomic E-state index is 0.0137. The van der Waals surface area contributed by atoms with Gasteiger partial charge >= 0.3 is 0 Å². The van der Waals surface area contributed by atoms with Gasteiger partial charge in [-0.05, 0) is 18.8 Å². The predicted octanol–water partition coefficient (Wildman–Crippen LogP) is 0.809. The average Bonchev–Trinajstić information content (AvgIpc) is 2.82. The quantitative estimate of drug-likeness (QED) is 0.749. The zero-order valence-electron chi connectivity index (χ0n) is 10.1. The lowest BCUT2D eigenvalue weighted by Crippen LogP contribution is -2.26. The molecule has 1 fully saturated rings. The van der Waals surface area contributed by atoms with Crippen molar-refractivity contribution in [2.24, 2.45) is 11.0 Å². The van der Waals surface area contributed by atoms with Gasteiger partial charge in [0.2, 0.25) is 5.91 Å². The fraction of sp³-hybridized carbons (Fsp3) is 0.818. The minimum atomic E-state index is -3.03. The number of hydrogen-bond acceptors (Lipinski definition) is 4. The summed E-state index contributed by atoms with van der Waals surface area (Å²) in [4.78, 5) is 11.7. The van der Waals surface area contributed by atoms with Gasteiger partial charge in [-0.15, -0.1) is 0 Å². The number of carbonyl (C=O) groups excluding carboxylic acids is 1. The molecule has 0 atom stereocenters. The Kier molecular flexibility index (Phi) is 3.51. The number of hydrazone groups is 1. The van der Waals surface area contributed by atoms with Gasteiger partial charge in [0.25, 0.3) is 0 Å². The highest BCUT2D eigenvalue weighted by molar-refractivity contribution is 7.90. The molecule has 2 aliphatic rings. The Morgan fingerprint density at radius 2 is 2.00 bits per heavy atom. The molecule has 5 nitrogen and oxygen atoms in total. The number of amides is 1. The first-order valence-electron chi connectivity index (χ1n) is 6.01. The smallest absolute Gasteiger partial charge is 0.248 e. The molecule has 0 unspecified atom stereocenters. The van der Waals surface area contributed by atoms with E-state index in [1.165, 1.54) is 24.1 Å². The molecule has 1 saturated carbocycles. The van der Waals surface area contributed by atoms with E-state index in [4.69, 9.17) is 0 Å². The Morgan fingerprint density at radius 3 is 2.59 bits per heavy atom. The summed E-state index contributed by atoms with van der Waals surface area (Å²) >= 11 is 0. The van der Waals surface area contributed by atoms with Crippen molar-refractivity contribution in [1.29, 1.82) is 0 Å². The maximum Gasteiger partial charge on any atom is 0.248 e. The van der Waals surface area contributed by atoms with Crippen LogP contribution in [0.3, 0.4) is 0 Å². The van der Waals surface area contributed by atoms with Crippen molar-refractivity contribution >= 4 is 21.5 Å². The molecule has 0 aromatic carbocycles. The van der Waals surface area contributed by atoms with E-state index in [1.54, 1.807) is 0 Å². The minimum Gasteiger partial charge on any atom is -0.273 e. The van der Waals surface area contributed by atoms with E-state index in [0.717, 1.165) is 18.6 Å². The zero-order valence-corrected chi connectivity index (χ0v) is 10.9. The fourth-order valence-corrected chi connectivity index (χ4v) is 2.91. The second-order valence-electron chi connectivity index (χ2n) is 4.90. The molecular weight excluding hydrogens is 240 g/mol. The number of hydrogen-bond donors (Lipinski definition) is 0. The summed E-state index contributed by atoms with van der Waals surface area (Å²) < 4.78 is 22.1. The van der Waals surface area contributed by atoms with Crippen LogP contribution in [0.15, 0.2) is 5.10 Å². The number of sulfone groups is 1. The van der Waals surface area contributed by atoms with Crippen molar-refractivity contribution in [3.8, 4) is 0 Å². The molecule has 0 spiro atoms. The maximum atomic E-state index is 11.7. The first kappa shape index (κ1) is 12.5. The van der Waals surface area contributed by atoms with Gasteiger partial charge < -0.3 is 0 Å². The van der Waals surface area contributed by atoms with E-state index in [-0.39, 0.29) is 18.2 Å². The van der Waals surface area contributed by atoms with Crippen LogP contribution in [0, 0.1) is 5.92 Å². The highest BCUT2D eigenvalue weighted by Gasteiger charge is 2.30. The lowest BCUT2D eigenvalue weighted by Gasteiger charge is -2.10. The molecular formula is C11H18N2O3S. The van der Waals surface area contributed by atoms with E-state index in [9.17, 15) is 13.2 Å². The Bertz CT molecular complexity index is 436. The standard InChI is InChI=1S/C11H18N2O3S/c1-17(15,16)7-6-13-11(14)8-10(12-13)9-4-2-3-5-9/h9H,2-8H2,1H3. The van der Waals surface area contributed by atoms with E-state index in [1.807, 2.05) is 0 Å². The summed E-state index contributed by atoms with van der Waals surface area (Å²) in [6, 6.07) is 0. The van der Waals surface area contributed by atoms with Gasteiger partial charge in [-0.2, -0.15) is 5.10 Å². The molecule has 0 N–H and O–H groups in total. The van der Waals surface area contributed by atoms with Crippen molar-refractivity contribution in [1.82, 2.24) is 5.01 Å². The van der Waals surface area contributed by atoms with Crippen molar-refractivity contribution in [3.05, 3.63) is 0 Å². The van der Waals surface area contributed by atoms with Crippen molar-refractivity contribution < 1.29 is 13.2 Å². The van der Waals surface area contributed by atoms with Gasteiger partial charge in [-0.3, -0.25) is 4.79 Å². The Balaban J connectivity index is 1.96. The normalized spacial score (nSPS) is 22.3. The van der Waals surface area contributed by atoms with Crippen LogP contribution in [0.2, 0.25) is 0 Å². The molecule has 1 aliphatic carbocycles. The first-order chi connectivity index (χ1) is 7.96. The molecule has 1 amide bonds. The first-order valence-corrected chi connectivity index (χ1v) is 8.07. The fourth-order valence-electron chi connectivity index (χ4n) is 2.40. The van der Waals surface area contributed by atoms with Crippen molar-refractivity contribution in [2.75, 3.05) is 18.6 Å². The van der Waals surface area contributed by atoms with Crippen molar-refractivity contribution in [3.63, 3.8) is 0 Å². The van der Waals surface area contributed by atoms with Crippen molar-refractivity contribution in [2.45, 2.75) is 32.1 Å². The molecule has 96 valence electrons. The third-order valence-corrected chi connectivity index (χ3v) is 4.29. The van der Waals surface area contributed by atoms with Crippen LogP contribution in [0.4, 0.5) is 0 Å². The largest absolute Gasteiger partial charge is 0.273 e. The third kappa shape index (κ3) is 3.28. The van der Waals surface area contributed by atoms with Crippen LogP contribution in [0.1, 0.15) is 32.1 Å². The number of nitrogens with zero attached hydrogens (tertiary/aromatic N) is 2. The zero-order chi connectivity index (χ0) is 12.5. The maximum absolute atomic E-state index is 11.7. The molecule has 0 radical (unpaired) electrons. The molecule has 6 heteroatoms. The molecule has 2 rings (SSSR count). The molecule has 17 heavy (non-hydrogen) atoms. The average molecular weight is 258 g/mol. The summed E-state index contributed by atoms with van der Waals surface area (Å²) in [5.41, 5.74) is 0.959. The van der Waals surface area contributed by atoms with Crippen LogP contribution >= 0.6 is 0 Å². The summed E-state index contributed by atoms with van der Waals surface area (Å²) in [5, 5.41) is 5.62. The van der Waals surface area contributed by atoms with Gasteiger partial charge in [0.05, 0.1) is 24.4 Å². The van der Waals surface area contributed by atoms with Gasteiger partial charge in [0.1, 0.15) is 9.84 Å². The van der Waals surface area contributed by atoms with E-state index < -0.39 is 9.84 Å². The van der Waals surface area contributed by atoms with Crippen LogP contribution in [-0.4, -0.2) is 43.6 Å². The third-order valence-electron chi connectivity index (χ3n) is 3.37. The summed E-state index contributed by atoms with van der Waals surface area (Å²) in [7, 11) is -3.03. The van der Waals surface area contributed by atoms with Crippen LogP contribution in [0.5, 0.6) is 0 Å². The lowest BCUT2D eigenvalue weighted by molar-refractivity contribution is -0.128. The Labute approximate surface area is 102 Å². The predicted molar refractivity (Wildman–Crippen MR) is 65.4 cm³/mol. The summed E-state index contributed by atoms with van der Waals surface area (Å²) in [6.07, 6.45) is 6.21.